The van der Waals surface area contributed by atoms with E-state index in [2.05, 4.69) is 31.0 Å². The average Bonchev–Trinajstić information content (AvgIpc) is 2.71. The Kier molecular flexibility index (Phi) is 3.33. The zero-order valence-corrected chi connectivity index (χ0v) is 10.3. The third kappa shape index (κ3) is 2.19. The number of likely N-dealkylation sites (tertiary alicyclic amines) is 1. The maximum Gasteiger partial charge on any atom is 0.132 e. The summed E-state index contributed by atoms with van der Waals surface area (Å²) in [4.78, 5) is 2.54. The van der Waals surface area contributed by atoms with E-state index >= 15 is 0 Å². The van der Waals surface area contributed by atoms with Gasteiger partial charge in [0.1, 0.15) is 5.72 Å². The Bertz CT molecular complexity index is 212. The molecule has 0 aliphatic carbocycles. The molecule has 0 amide bonds. The van der Waals surface area contributed by atoms with Crippen molar-refractivity contribution in [1.29, 1.82) is 0 Å². The number of ether oxygens (including phenoxy) is 1. The standard InChI is InChI=1S/C12H24N2O/c1-4-14-7-5-6-11(14)12(3)13-8-10(2)9-15-12/h10-11,13H,4-9H2,1-3H3. The van der Waals surface area contributed by atoms with Crippen LogP contribution in [0.4, 0.5) is 0 Å². The molecule has 2 heterocycles. The van der Waals surface area contributed by atoms with Crippen molar-refractivity contribution in [2.45, 2.75) is 45.4 Å². The van der Waals surface area contributed by atoms with Crippen LogP contribution in [0, 0.1) is 5.92 Å². The summed E-state index contributed by atoms with van der Waals surface area (Å²) in [6, 6.07) is 0.565. The molecule has 0 aromatic carbocycles. The predicted octanol–water partition coefficient (Wildman–Crippen LogP) is 1.44. The van der Waals surface area contributed by atoms with Crippen LogP contribution in [-0.2, 0) is 4.74 Å². The third-order valence-corrected chi connectivity index (χ3v) is 3.87. The van der Waals surface area contributed by atoms with Crippen LogP contribution in [-0.4, -0.2) is 42.9 Å². The van der Waals surface area contributed by atoms with E-state index in [1.165, 1.54) is 19.4 Å². The molecule has 3 atom stereocenters. The van der Waals surface area contributed by atoms with Crippen molar-refractivity contribution in [3.8, 4) is 0 Å². The first-order valence-corrected chi connectivity index (χ1v) is 6.28. The molecule has 0 bridgehead atoms. The molecular weight excluding hydrogens is 188 g/mol. The van der Waals surface area contributed by atoms with Gasteiger partial charge in [0, 0.05) is 6.54 Å². The summed E-state index contributed by atoms with van der Waals surface area (Å²) in [6.45, 7) is 11.1. The lowest BCUT2D eigenvalue weighted by atomic mass is 9.99. The van der Waals surface area contributed by atoms with Crippen molar-refractivity contribution in [1.82, 2.24) is 10.2 Å². The molecule has 3 nitrogen and oxygen atoms in total. The van der Waals surface area contributed by atoms with Gasteiger partial charge in [-0.1, -0.05) is 13.8 Å². The van der Waals surface area contributed by atoms with Gasteiger partial charge in [-0.2, -0.15) is 0 Å². The highest BCUT2D eigenvalue weighted by atomic mass is 16.5. The molecule has 0 radical (unpaired) electrons. The van der Waals surface area contributed by atoms with Crippen molar-refractivity contribution < 1.29 is 4.74 Å². The van der Waals surface area contributed by atoms with E-state index in [4.69, 9.17) is 4.74 Å². The molecule has 2 rings (SSSR count). The number of likely N-dealkylation sites (N-methyl/N-ethyl adjacent to an activating group) is 1. The second-order valence-electron chi connectivity index (χ2n) is 5.19. The van der Waals surface area contributed by atoms with E-state index in [0.29, 0.717) is 12.0 Å². The lowest BCUT2D eigenvalue weighted by Crippen LogP contribution is -2.62. The number of rotatable bonds is 2. The van der Waals surface area contributed by atoms with Gasteiger partial charge >= 0.3 is 0 Å². The second-order valence-corrected chi connectivity index (χ2v) is 5.19. The minimum absolute atomic E-state index is 0.112. The lowest BCUT2D eigenvalue weighted by Gasteiger charge is -2.44. The zero-order valence-electron chi connectivity index (χ0n) is 10.3. The largest absolute Gasteiger partial charge is 0.359 e. The smallest absolute Gasteiger partial charge is 0.132 e. The molecule has 15 heavy (non-hydrogen) atoms. The Labute approximate surface area is 93.2 Å². The summed E-state index contributed by atoms with van der Waals surface area (Å²) in [6.07, 6.45) is 2.58. The maximum atomic E-state index is 6.04. The number of hydrogen-bond donors (Lipinski definition) is 1. The first kappa shape index (κ1) is 11.4. The highest BCUT2D eigenvalue weighted by molar-refractivity contribution is 4.95. The molecule has 0 spiro atoms. The lowest BCUT2D eigenvalue weighted by molar-refractivity contribution is -0.138. The minimum Gasteiger partial charge on any atom is -0.359 e. The Morgan fingerprint density at radius 3 is 2.93 bits per heavy atom. The summed E-state index contributed by atoms with van der Waals surface area (Å²) < 4.78 is 6.04. The van der Waals surface area contributed by atoms with Gasteiger partial charge in [0.15, 0.2) is 0 Å². The van der Waals surface area contributed by atoms with E-state index < -0.39 is 0 Å². The van der Waals surface area contributed by atoms with Gasteiger partial charge in [0.05, 0.1) is 12.6 Å². The first-order chi connectivity index (χ1) is 7.15. The van der Waals surface area contributed by atoms with Gasteiger partial charge < -0.3 is 4.74 Å². The van der Waals surface area contributed by atoms with Crippen molar-refractivity contribution in [3.05, 3.63) is 0 Å². The van der Waals surface area contributed by atoms with Crippen LogP contribution in [0.25, 0.3) is 0 Å². The van der Waals surface area contributed by atoms with Crippen molar-refractivity contribution >= 4 is 0 Å². The van der Waals surface area contributed by atoms with Crippen LogP contribution in [0.3, 0.4) is 0 Å². The van der Waals surface area contributed by atoms with Gasteiger partial charge in [0.2, 0.25) is 0 Å². The SMILES string of the molecule is CCN1CCCC1C1(C)NCC(C)CO1. The average molecular weight is 212 g/mol. The molecule has 0 saturated carbocycles. The van der Waals surface area contributed by atoms with E-state index in [1.807, 2.05) is 0 Å². The van der Waals surface area contributed by atoms with E-state index in [9.17, 15) is 0 Å². The fourth-order valence-corrected chi connectivity index (χ4v) is 2.84. The Morgan fingerprint density at radius 1 is 1.53 bits per heavy atom. The predicted molar refractivity (Wildman–Crippen MR) is 61.8 cm³/mol. The van der Waals surface area contributed by atoms with Crippen LogP contribution in [0.5, 0.6) is 0 Å². The van der Waals surface area contributed by atoms with Crippen molar-refractivity contribution in [2.24, 2.45) is 5.92 Å². The summed E-state index contributed by atoms with van der Waals surface area (Å²) in [5.41, 5.74) is -0.112. The van der Waals surface area contributed by atoms with E-state index in [1.54, 1.807) is 0 Å². The van der Waals surface area contributed by atoms with Gasteiger partial charge in [-0.15, -0.1) is 0 Å². The summed E-state index contributed by atoms with van der Waals surface area (Å²) in [7, 11) is 0. The maximum absolute atomic E-state index is 6.04. The monoisotopic (exact) mass is 212 g/mol. The quantitative estimate of drug-likeness (QED) is 0.749. The Hall–Kier alpha value is -0.120. The Balaban J connectivity index is 2.01. The van der Waals surface area contributed by atoms with Crippen molar-refractivity contribution in [2.75, 3.05) is 26.2 Å². The van der Waals surface area contributed by atoms with E-state index in [0.717, 1.165) is 19.7 Å². The zero-order chi connectivity index (χ0) is 10.9. The van der Waals surface area contributed by atoms with Crippen LogP contribution in [0.2, 0.25) is 0 Å². The number of nitrogens with zero attached hydrogens (tertiary/aromatic N) is 1. The first-order valence-electron chi connectivity index (χ1n) is 6.28. The minimum atomic E-state index is -0.112. The molecule has 3 heteroatoms. The van der Waals surface area contributed by atoms with Gasteiger partial charge in [-0.05, 0) is 38.8 Å². The van der Waals surface area contributed by atoms with Gasteiger partial charge in [-0.3, -0.25) is 10.2 Å². The molecule has 3 unspecified atom stereocenters. The van der Waals surface area contributed by atoms with Gasteiger partial charge in [0.25, 0.3) is 0 Å². The second kappa shape index (κ2) is 4.40. The molecule has 1 N–H and O–H groups in total. The van der Waals surface area contributed by atoms with Crippen molar-refractivity contribution in [3.63, 3.8) is 0 Å². The number of hydrogen-bond acceptors (Lipinski definition) is 3. The van der Waals surface area contributed by atoms with Crippen LogP contribution in [0.15, 0.2) is 0 Å². The van der Waals surface area contributed by atoms with Gasteiger partial charge in [-0.25, -0.2) is 0 Å². The molecule has 88 valence electrons. The molecule has 0 aromatic heterocycles. The topological polar surface area (TPSA) is 24.5 Å². The molecule has 2 fully saturated rings. The molecular formula is C12H24N2O. The van der Waals surface area contributed by atoms with Crippen LogP contribution >= 0.6 is 0 Å². The summed E-state index contributed by atoms with van der Waals surface area (Å²) >= 11 is 0. The van der Waals surface area contributed by atoms with Crippen LogP contribution in [0.1, 0.15) is 33.6 Å². The highest BCUT2D eigenvalue weighted by Crippen LogP contribution is 2.30. The highest BCUT2D eigenvalue weighted by Gasteiger charge is 2.42. The third-order valence-electron chi connectivity index (χ3n) is 3.87. The van der Waals surface area contributed by atoms with E-state index in [-0.39, 0.29) is 5.72 Å². The Morgan fingerprint density at radius 2 is 2.33 bits per heavy atom. The summed E-state index contributed by atoms with van der Waals surface area (Å²) in [5.74, 6) is 0.648. The number of nitrogens with one attached hydrogen (secondary N) is 1. The normalized spacial score (nSPS) is 43.4. The molecule has 0 aromatic rings. The molecule has 2 aliphatic heterocycles. The molecule has 2 aliphatic rings. The summed E-state index contributed by atoms with van der Waals surface area (Å²) in [5, 5.41) is 3.59. The molecule has 2 saturated heterocycles. The fraction of sp³-hybridized carbons (Fsp3) is 1.00. The fourth-order valence-electron chi connectivity index (χ4n) is 2.84. The van der Waals surface area contributed by atoms with Crippen LogP contribution < -0.4 is 5.32 Å².